The van der Waals surface area contributed by atoms with E-state index < -0.39 is 11.7 Å². The van der Waals surface area contributed by atoms with Crippen molar-refractivity contribution in [3.05, 3.63) is 34.1 Å². The zero-order chi connectivity index (χ0) is 15.8. The van der Waals surface area contributed by atoms with Crippen LogP contribution < -0.4 is 5.73 Å². The third kappa shape index (κ3) is 7.09. The first kappa shape index (κ1) is 20.1. The van der Waals surface area contributed by atoms with Crippen LogP contribution in [0.2, 0.25) is 0 Å². The van der Waals surface area contributed by atoms with Gasteiger partial charge in [0.25, 0.3) is 0 Å². The molecule has 0 aromatic rings. The van der Waals surface area contributed by atoms with Crippen LogP contribution in [0.3, 0.4) is 0 Å². The van der Waals surface area contributed by atoms with Gasteiger partial charge in [-0.15, -0.1) is 0 Å². The van der Waals surface area contributed by atoms with Crippen molar-refractivity contribution in [1.29, 1.82) is 0 Å². The van der Waals surface area contributed by atoms with Gasteiger partial charge in [-0.05, 0) is 51.3 Å². The van der Waals surface area contributed by atoms with Crippen molar-refractivity contribution in [3.63, 3.8) is 0 Å². The lowest BCUT2D eigenvalue weighted by Crippen LogP contribution is -2.16. The van der Waals surface area contributed by atoms with Crippen LogP contribution in [-0.2, 0) is 0 Å². The van der Waals surface area contributed by atoms with Gasteiger partial charge >= 0.3 is 6.18 Å². The van der Waals surface area contributed by atoms with Crippen molar-refractivity contribution < 1.29 is 13.2 Å². The van der Waals surface area contributed by atoms with Crippen molar-refractivity contribution in [2.75, 3.05) is 0 Å². The summed E-state index contributed by atoms with van der Waals surface area (Å²) in [6.45, 7) is 12.1. The van der Waals surface area contributed by atoms with Crippen molar-refractivity contribution in [2.24, 2.45) is 5.73 Å². The summed E-state index contributed by atoms with van der Waals surface area (Å²) in [5.41, 5.74) is 6.39. The molecule has 0 amide bonds. The maximum atomic E-state index is 13.0. The van der Waals surface area contributed by atoms with E-state index in [1.807, 2.05) is 20.8 Å². The zero-order valence-corrected chi connectivity index (χ0v) is 13.0. The second-order valence-corrected chi connectivity index (χ2v) is 4.20. The maximum Gasteiger partial charge on any atom is 0.416 e. The summed E-state index contributed by atoms with van der Waals surface area (Å²) in [5, 5.41) is 0. The van der Waals surface area contributed by atoms with Crippen molar-refractivity contribution in [1.82, 2.24) is 0 Å². The highest BCUT2D eigenvalue weighted by molar-refractivity contribution is 5.43. The molecule has 0 aliphatic carbocycles. The van der Waals surface area contributed by atoms with E-state index in [-0.39, 0.29) is 11.1 Å². The number of allylic oxidation sites excluding steroid dienone is 6. The van der Waals surface area contributed by atoms with E-state index in [2.05, 4.69) is 0 Å². The first-order valence-electron chi connectivity index (χ1n) is 6.49. The van der Waals surface area contributed by atoms with Gasteiger partial charge in [0.2, 0.25) is 0 Å². The minimum atomic E-state index is -4.35. The normalized spacial score (nSPS) is 15.2. The maximum absolute atomic E-state index is 13.0. The smallest absolute Gasteiger partial charge is 0.402 e. The Morgan fingerprint density at radius 2 is 1.47 bits per heavy atom. The fraction of sp³-hybridized carbons (Fsp3) is 0.600. The number of halogens is 3. The van der Waals surface area contributed by atoms with E-state index in [0.29, 0.717) is 12.1 Å². The topological polar surface area (TPSA) is 26.0 Å². The van der Waals surface area contributed by atoms with Crippen LogP contribution in [0.4, 0.5) is 13.2 Å². The van der Waals surface area contributed by atoms with E-state index in [4.69, 9.17) is 5.73 Å². The van der Waals surface area contributed by atoms with Crippen LogP contribution >= 0.6 is 0 Å². The molecule has 0 atom stereocenters. The molecule has 2 N–H and O–H groups in total. The second kappa shape index (κ2) is 8.83. The highest BCUT2D eigenvalue weighted by Gasteiger charge is 2.36. The third-order valence-corrected chi connectivity index (χ3v) is 2.67. The molecule has 4 heteroatoms. The first-order valence-corrected chi connectivity index (χ1v) is 6.49. The highest BCUT2D eigenvalue weighted by Crippen LogP contribution is 2.35. The Kier molecular flexibility index (Phi) is 9.36. The molecule has 0 saturated carbocycles. The molecule has 0 rings (SSSR count). The van der Waals surface area contributed by atoms with Gasteiger partial charge in [0.1, 0.15) is 0 Å². The summed E-state index contributed by atoms with van der Waals surface area (Å²) >= 11 is 0. The lowest BCUT2D eigenvalue weighted by Gasteiger charge is -2.17. The molecule has 0 aromatic heterocycles. The molecule has 19 heavy (non-hydrogen) atoms. The Morgan fingerprint density at radius 1 is 1.05 bits per heavy atom. The zero-order valence-electron chi connectivity index (χ0n) is 13.0. The van der Waals surface area contributed by atoms with Gasteiger partial charge in [-0.2, -0.15) is 13.2 Å². The van der Waals surface area contributed by atoms with Gasteiger partial charge in [-0.25, -0.2) is 0 Å². The van der Waals surface area contributed by atoms with Gasteiger partial charge < -0.3 is 5.73 Å². The van der Waals surface area contributed by atoms with Crippen LogP contribution in [0.25, 0.3) is 0 Å². The minimum Gasteiger partial charge on any atom is -0.402 e. The van der Waals surface area contributed by atoms with Crippen LogP contribution in [0.15, 0.2) is 34.1 Å². The predicted molar refractivity (Wildman–Crippen MR) is 76.7 cm³/mol. The van der Waals surface area contributed by atoms with E-state index >= 15 is 0 Å². The Morgan fingerprint density at radius 3 is 1.74 bits per heavy atom. The van der Waals surface area contributed by atoms with Gasteiger partial charge in [-0.1, -0.05) is 26.3 Å². The molecule has 0 radical (unpaired) electrons. The lowest BCUT2D eigenvalue weighted by molar-refractivity contribution is -0.0900. The van der Waals surface area contributed by atoms with Crippen molar-refractivity contribution >= 4 is 0 Å². The van der Waals surface area contributed by atoms with Gasteiger partial charge in [0, 0.05) is 5.70 Å². The van der Waals surface area contributed by atoms with E-state index in [0.717, 1.165) is 5.57 Å². The molecule has 0 aliphatic rings. The second-order valence-electron chi connectivity index (χ2n) is 4.20. The van der Waals surface area contributed by atoms with Gasteiger partial charge in [-0.3, -0.25) is 0 Å². The quantitative estimate of drug-likeness (QED) is 0.677. The summed E-state index contributed by atoms with van der Waals surface area (Å²) in [5.74, 6) is 0. The van der Waals surface area contributed by atoms with Crippen LogP contribution in [0, 0.1) is 0 Å². The third-order valence-electron chi connectivity index (χ3n) is 2.67. The summed E-state index contributed by atoms with van der Waals surface area (Å²) in [4.78, 5) is 0. The van der Waals surface area contributed by atoms with E-state index in [9.17, 15) is 13.2 Å². The molecule has 0 spiro atoms. The monoisotopic (exact) mass is 277 g/mol. The number of alkyl halides is 3. The minimum absolute atomic E-state index is 0.155. The van der Waals surface area contributed by atoms with Crippen LogP contribution in [-0.4, -0.2) is 6.18 Å². The van der Waals surface area contributed by atoms with Gasteiger partial charge in [0.05, 0.1) is 5.57 Å². The summed E-state index contributed by atoms with van der Waals surface area (Å²) in [6, 6.07) is 0. The lowest BCUT2D eigenvalue weighted by atomic mass is 9.96. The Bertz CT molecular complexity index is 367. The Hall–Kier alpha value is -1.19. The molecule has 0 saturated heterocycles. The molecule has 0 bridgehead atoms. The molecule has 112 valence electrons. The molecule has 0 fully saturated rings. The summed E-state index contributed by atoms with van der Waals surface area (Å²) in [7, 11) is 0. The molecule has 0 unspecified atom stereocenters. The average molecular weight is 277 g/mol. The summed E-state index contributed by atoms with van der Waals surface area (Å²) in [6.07, 6.45) is -2.39. The highest BCUT2D eigenvalue weighted by atomic mass is 19.4. The molecule has 0 heterocycles. The molecule has 1 nitrogen and oxygen atoms in total. The number of nitrogens with two attached hydrogens (primary N) is 1. The largest absolute Gasteiger partial charge is 0.416 e. The molecule has 0 aliphatic heterocycles. The SMILES string of the molecule is CC.CCC(C)=C(C)/C(=C(C)\C=C(/C)N)C(F)(F)F. The number of rotatable bonds is 3. The van der Waals surface area contributed by atoms with Crippen molar-refractivity contribution in [3.8, 4) is 0 Å². The standard InChI is InChI=1S/C13H20F3N.C2H6/c1-6-8(2)11(5)12(13(14,15)16)9(3)7-10(4)17;1-2/h7H,6,17H2,1-5H3;1-2H3/b10-7+,11-8?,12-9+;. The first-order chi connectivity index (χ1) is 8.61. The summed E-state index contributed by atoms with van der Waals surface area (Å²) < 4.78 is 39.0. The molecular weight excluding hydrogens is 251 g/mol. The van der Waals surface area contributed by atoms with Crippen LogP contribution in [0.1, 0.15) is 54.9 Å². The molecule has 0 aromatic carbocycles. The van der Waals surface area contributed by atoms with E-state index in [1.165, 1.54) is 19.9 Å². The van der Waals surface area contributed by atoms with Crippen LogP contribution in [0.5, 0.6) is 0 Å². The Labute approximate surface area is 115 Å². The van der Waals surface area contributed by atoms with E-state index in [1.54, 1.807) is 13.8 Å². The predicted octanol–water partition coefficient (Wildman–Crippen LogP) is 5.50. The fourth-order valence-electron chi connectivity index (χ4n) is 1.62. The molecular formula is C15H26F3N. The number of hydrogen-bond donors (Lipinski definition) is 1. The Balaban J connectivity index is 0. The fourth-order valence-corrected chi connectivity index (χ4v) is 1.62. The van der Waals surface area contributed by atoms with Gasteiger partial charge in [0.15, 0.2) is 0 Å². The van der Waals surface area contributed by atoms with Crippen molar-refractivity contribution in [2.45, 2.75) is 61.1 Å². The average Bonchev–Trinajstić information content (AvgIpc) is 2.27. The number of hydrogen-bond acceptors (Lipinski definition) is 1.